The molecule has 10 heteroatoms. The lowest BCUT2D eigenvalue weighted by atomic mass is 9.79. The first-order valence-corrected chi connectivity index (χ1v) is 14.6. The van der Waals surface area contributed by atoms with Crippen LogP contribution in [0.4, 0.5) is 0 Å². The van der Waals surface area contributed by atoms with Gasteiger partial charge in [0.05, 0.1) is 24.9 Å². The predicted octanol–water partition coefficient (Wildman–Crippen LogP) is 4.94. The number of nitrogens with zero attached hydrogens (tertiary/aromatic N) is 2. The third-order valence-electron chi connectivity index (χ3n) is 7.90. The number of benzene rings is 2. The summed E-state index contributed by atoms with van der Waals surface area (Å²) in [6, 6.07) is 18.9. The minimum atomic E-state index is -0.864. The van der Waals surface area contributed by atoms with E-state index in [1.807, 2.05) is 60.7 Å². The number of carbonyl (C=O) groups is 4. The Labute approximate surface area is 247 Å². The van der Waals surface area contributed by atoms with Crippen LogP contribution in [0.2, 0.25) is 0 Å². The van der Waals surface area contributed by atoms with Crippen LogP contribution in [-0.2, 0) is 42.1 Å². The fraction of sp³-hybridized carbons (Fsp3) is 0.500. The Balaban J connectivity index is 0.000000230. The Morgan fingerprint density at radius 3 is 1.31 bits per heavy atom. The first kappa shape index (κ1) is 32.8. The molecule has 2 saturated carbocycles. The largest absolute Gasteiger partial charge is 0.481 e. The molecular formula is C32H42N2O8. The third-order valence-corrected chi connectivity index (χ3v) is 7.90. The molecule has 0 spiro atoms. The van der Waals surface area contributed by atoms with E-state index >= 15 is 0 Å². The van der Waals surface area contributed by atoms with Crippen LogP contribution in [0.25, 0.3) is 0 Å². The molecule has 2 aliphatic rings. The minimum absolute atomic E-state index is 0.0994. The molecule has 2 aromatic carbocycles. The highest BCUT2D eigenvalue weighted by Crippen LogP contribution is 2.33. The van der Waals surface area contributed by atoms with Crippen LogP contribution in [-0.4, -0.2) is 58.2 Å². The maximum absolute atomic E-state index is 11.3. The number of carboxylic acids is 2. The molecule has 2 N–H and O–H groups in total. The molecule has 2 aromatic rings. The quantitative estimate of drug-likeness (QED) is 0.187. The van der Waals surface area contributed by atoms with Crippen LogP contribution in [0.5, 0.6) is 0 Å². The third kappa shape index (κ3) is 11.6. The summed E-state index contributed by atoms with van der Waals surface area (Å²) < 4.78 is 0. The molecule has 4 rings (SSSR count). The zero-order valence-electron chi connectivity index (χ0n) is 24.0. The van der Waals surface area contributed by atoms with Crippen molar-refractivity contribution in [3.8, 4) is 0 Å². The summed E-state index contributed by atoms with van der Waals surface area (Å²) in [5.74, 6) is -1.89. The highest BCUT2D eigenvalue weighted by atomic mass is 16.7. The summed E-state index contributed by atoms with van der Waals surface area (Å²) in [5.41, 5.74) is 1.88. The average molecular weight is 583 g/mol. The van der Waals surface area contributed by atoms with Gasteiger partial charge in [-0.15, -0.1) is 0 Å². The van der Waals surface area contributed by atoms with Gasteiger partial charge in [0.15, 0.2) is 0 Å². The first-order chi connectivity index (χ1) is 20.4. The Hall–Kier alpha value is -3.76. The molecule has 42 heavy (non-hydrogen) atoms. The topological polar surface area (TPSA) is 134 Å². The van der Waals surface area contributed by atoms with Crippen LogP contribution in [0, 0.1) is 23.7 Å². The van der Waals surface area contributed by atoms with Crippen molar-refractivity contribution < 1.29 is 39.1 Å². The molecular weight excluding hydrogens is 540 g/mol. The Morgan fingerprint density at radius 2 is 1.05 bits per heavy atom. The van der Waals surface area contributed by atoms with E-state index in [0.29, 0.717) is 37.5 Å². The van der Waals surface area contributed by atoms with Crippen molar-refractivity contribution in [2.45, 2.75) is 64.6 Å². The zero-order chi connectivity index (χ0) is 30.2. The van der Waals surface area contributed by atoms with Crippen LogP contribution < -0.4 is 0 Å². The number of hydrogen-bond acceptors (Lipinski definition) is 6. The van der Waals surface area contributed by atoms with E-state index < -0.39 is 23.8 Å². The van der Waals surface area contributed by atoms with Gasteiger partial charge in [-0.1, -0.05) is 99.2 Å². The van der Waals surface area contributed by atoms with Gasteiger partial charge in [0, 0.05) is 0 Å². The molecule has 2 amide bonds. The van der Waals surface area contributed by atoms with Gasteiger partial charge >= 0.3 is 11.9 Å². The summed E-state index contributed by atoms with van der Waals surface area (Å²) in [5, 5.41) is 20.7. The number of carboxylic acid groups (broad SMARTS) is 2. The van der Waals surface area contributed by atoms with E-state index in [1.54, 1.807) is 0 Å². The molecule has 2 aliphatic carbocycles. The molecule has 0 heterocycles. The zero-order valence-corrected chi connectivity index (χ0v) is 24.0. The maximum atomic E-state index is 11.3. The number of carbonyl (C=O) groups excluding carboxylic acids is 2. The lowest BCUT2D eigenvalue weighted by Gasteiger charge is -2.29. The van der Waals surface area contributed by atoms with Crippen molar-refractivity contribution in [2.75, 3.05) is 13.1 Å². The summed E-state index contributed by atoms with van der Waals surface area (Å²) in [7, 11) is 0. The number of amides is 2. The van der Waals surface area contributed by atoms with Crippen molar-refractivity contribution in [1.82, 2.24) is 10.1 Å². The van der Waals surface area contributed by atoms with Crippen molar-refractivity contribution >= 4 is 24.8 Å². The van der Waals surface area contributed by atoms with Crippen LogP contribution in [0.15, 0.2) is 60.7 Å². The van der Waals surface area contributed by atoms with E-state index in [4.69, 9.17) is 9.68 Å². The molecule has 0 unspecified atom stereocenters. The van der Waals surface area contributed by atoms with Gasteiger partial charge in [-0.3, -0.25) is 28.9 Å². The van der Waals surface area contributed by atoms with Gasteiger partial charge in [0.2, 0.25) is 12.8 Å². The maximum Gasteiger partial charge on any atom is 0.308 e. The second kappa shape index (κ2) is 17.9. The molecule has 0 aliphatic heterocycles. The molecule has 2 fully saturated rings. The second-order valence-corrected chi connectivity index (χ2v) is 11.1. The molecule has 228 valence electrons. The normalized spacial score (nSPS) is 16.0. The smallest absolute Gasteiger partial charge is 0.308 e. The number of hydroxylamine groups is 4. The lowest BCUT2D eigenvalue weighted by molar-refractivity contribution is -0.185. The Bertz CT molecular complexity index is 1000. The fourth-order valence-electron chi connectivity index (χ4n) is 4.92. The van der Waals surface area contributed by atoms with E-state index in [-0.39, 0.29) is 26.3 Å². The van der Waals surface area contributed by atoms with Gasteiger partial charge in [-0.2, -0.15) is 0 Å². The van der Waals surface area contributed by atoms with Crippen molar-refractivity contribution in [3.63, 3.8) is 0 Å². The van der Waals surface area contributed by atoms with Crippen LogP contribution >= 0.6 is 0 Å². The summed E-state index contributed by atoms with van der Waals surface area (Å²) in [6.07, 6.45) is 9.08. The van der Waals surface area contributed by atoms with Gasteiger partial charge in [0.25, 0.3) is 0 Å². The molecule has 0 saturated heterocycles. The van der Waals surface area contributed by atoms with E-state index in [9.17, 15) is 29.4 Å². The predicted molar refractivity (Wildman–Crippen MR) is 154 cm³/mol. The van der Waals surface area contributed by atoms with Gasteiger partial charge in [0.1, 0.15) is 13.2 Å². The minimum Gasteiger partial charge on any atom is -0.481 e. The van der Waals surface area contributed by atoms with Crippen LogP contribution in [0.1, 0.15) is 62.5 Å². The molecule has 10 nitrogen and oxygen atoms in total. The van der Waals surface area contributed by atoms with Gasteiger partial charge in [-0.25, -0.2) is 10.1 Å². The standard InChI is InChI=1S/2C16H21NO4/c2*18-12-17(21-11-14-5-2-1-3-6-14)10-15(16(19)20)9-13-7-4-8-13/h2*1-3,5-6,12-13,15H,4,7-11H2,(H,19,20)/t2*15-/m11/s1. The van der Waals surface area contributed by atoms with Crippen molar-refractivity contribution in [3.05, 3.63) is 71.8 Å². The number of hydrogen-bond donors (Lipinski definition) is 2. The Morgan fingerprint density at radius 1 is 0.690 bits per heavy atom. The fourth-order valence-corrected chi connectivity index (χ4v) is 4.92. The summed E-state index contributed by atoms with van der Waals surface area (Å²) in [4.78, 5) is 55.5. The second-order valence-electron chi connectivity index (χ2n) is 11.1. The first-order valence-electron chi connectivity index (χ1n) is 14.6. The summed E-state index contributed by atoms with van der Waals surface area (Å²) in [6.45, 7) is 0.717. The molecule has 2 atom stereocenters. The van der Waals surface area contributed by atoms with E-state index in [2.05, 4.69) is 0 Å². The molecule has 0 radical (unpaired) electrons. The summed E-state index contributed by atoms with van der Waals surface area (Å²) >= 11 is 0. The van der Waals surface area contributed by atoms with E-state index in [0.717, 1.165) is 46.9 Å². The molecule has 0 aromatic heterocycles. The van der Waals surface area contributed by atoms with Crippen LogP contribution in [0.3, 0.4) is 0 Å². The molecule has 0 bridgehead atoms. The number of rotatable bonds is 18. The lowest BCUT2D eigenvalue weighted by Crippen LogP contribution is -2.34. The van der Waals surface area contributed by atoms with Gasteiger partial charge in [-0.05, 0) is 35.8 Å². The van der Waals surface area contributed by atoms with Crippen molar-refractivity contribution in [2.24, 2.45) is 23.7 Å². The van der Waals surface area contributed by atoms with Gasteiger partial charge < -0.3 is 10.2 Å². The highest BCUT2D eigenvalue weighted by Gasteiger charge is 2.29. The van der Waals surface area contributed by atoms with Crippen molar-refractivity contribution in [1.29, 1.82) is 0 Å². The number of aliphatic carboxylic acids is 2. The SMILES string of the molecule is O=CN(C[C@@H](CC1CCC1)C(=O)O)OCc1ccccc1.O=CN(C[C@@H](CC1CCC1)C(=O)O)OCc1ccccc1. The highest BCUT2D eigenvalue weighted by molar-refractivity contribution is 5.71. The van der Waals surface area contributed by atoms with E-state index in [1.165, 1.54) is 12.8 Å². The Kier molecular flexibility index (Phi) is 14.0. The average Bonchev–Trinajstić information content (AvgIpc) is 2.95. The monoisotopic (exact) mass is 582 g/mol.